The van der Waals surface area contributed by atoms with Crippen LogP contribution in [-0.4, -0.2) is 14.8 Å². The Bertz CT molecular complexity index is 459. The smallest absolute Gasteiger partial charge is 0.111 e. The molecule has 2 heterocycles. The van der Waals surface area contributed by atoms with Gasteiger partial charge in [-0.15, -0.1) is 0 Å². The van der Waals surface area contributed by atoms with E-state index >= 15 is 0 Å². The molecule has 0 spiro atoms. The number of pyridine rings is 1. The van der Waals surface area contributed by atoms with E-state index in [2.05, 4.69) is 17.0 Å². The summed E-state index contributed by atoms with van der Waals surface area (Å²) in [5.74, 6) is 0. The van der Waals surface area contributed by atoms with Gasteiger partial charge in [-0.05, 0) is 19.4 Å². The third kappa shape index (κ3) is 1.99. The quantitative estimate of drug-likeness (QED) is 0.830. The Kier molecular flexibility index (Phi) is 2.68. The van der Waals surface area contributed by atoms with E-state index in [-0.39, 0.29) is 6.04 Å². The van der Waals surface area contributed by atoms with Gasteiger partial charge in [0.2, 0.25) is 0 Å². The standard InChI is InChI=1S/C11H16N4/c1-3-4-15-7-9-5-10(8(2)12)13-6-11(9)14-15/h5-8H,3-4,12H2,1-2H3/t8-/m1/s1. The number of hydrogen-bond donors (Lipinski definition) is 1. The molecule has 2 aromatic rings. The molecule has 0 amide bonds. The van der Waals surface area contributed by atoms with Gasteiger partial charge in [0.15, 0.2) is 0 Å². The number of aromatic nitrogens is 3. The van der Waals surface area contributed by atoms with Crippen LogP contribution in [0.2, 0.25) is 0 Å². The highest BCUT2D eigenvalue weighted by Gasteiger charge is 2.05. The molecule has 0 radical (unpaired) electrons. The normalized spacial score (nSPS) is 13.3. The molecule has 1 atom stereocenters. The van der Waals surface area contributed by atoms with Crippen LogP contribution in [-0.2, 0) is 6.54 Å². The largest absolute Gasteiger partial charge is 0.323 e. The van der Waals surface area contributed by atoms with Crippen molar-refractivity contribution in [2.45, 2.75) is 32.9 Å². The van der Waals surface area contributed by atoms with Crippen LogP contribution in [0.5, 0.6) is 0 Å². The van der Waals surface area contributed by atoms with Gasteiger partial charge >= 0.3 is 0 Å². The van der Waals surface area contributed by atoms with Crippen LogP contribution in [0.3, 0.4) is 0 Å². The van der Waals surface area contributed by atoms with Crippen molar-refractivity contribution in [3.8, 4) is 0 Å². The highest BCUT2D eigenvalue weighted by atomic mass is 15.3. The summed E-state index contributed by atoms with van der Waals surface area (Å²) in [6.07, 6.45) is 4.92. The first-order valence-electron chi connectivity index (χ1n) is 5.29. The maximum absolute atomic E-state index is 5.78. The van der Waals surface area contributed by atoms with Crippen molar-refractivity contribution in [1.29, 1.82) is 0 Å². The van der Waals surface area contributed by atoms with E-state index in [1.807, 2.05) is 23.9 Å². The number of nitrogens with zero attached hydrogens (tertiary/aromatic N) is 3. The molecule has 0 saturated heterocycles. The fourth-order valence-electron chi connectivity index (χ4n) is 1.59. The Labute approximate surface area is 89.1 Å². The van der Waals surface area contributed by atoms with Crippen molar-refractivity contribution in [3.63, 3.8) is 0 Å². The zero-order valence-corrected chi connectivity index (χ0v) is 9.14. The lowest BCUT2D eigenvalue weighted by atomic mass is 10.2. The molecular formula is C11H16N4. The van der Waals surface area contributed by atoms with Crippen molar-refractivity contribution >= 4 is 10.9 Å². The average molecular weight is 204 g/mol. The summed E-state index contributed by atoms with van der Waals surface area (Å²) in [6.45, 7) is 5.02. The van der Waals surface area contributed by atoms with Crippen molar-refractivity contribution in [2.75, 3.05) is 0 Å². The molecular weight excluding hydrogens is 188 g/mol. The van der Waals surface area contributed by atoms with Crippen LogP contribution in [0, 0.1) is 0 Å². The first-order chi connectivity index (χ1) is 7.20. The molecule has 15 heavy (non-hydrogen) atoms. The summed E-state index contributed by atoms with van der Waals surface area (Å²) < 4.78 is 1.96. The zero-order valence-electron chi connectivity index (χ0n) is 9.14. The van der Waals surface area contributed by atoms with Crippen molar-refractivity contribution in [1.82, 2.24) is 14.8 Å². The lowest BCUT2D eigenvalue weighted by molar-refractivity contribution is 0.608. The van der Waals surface area contributed by atoms with Gasteiger partial charge in [0.1, 0.15) is 5.52 Å². The van der Waals surface area contributed by atoms with Gasteiger partial charge in [-0.1, -0.05) is 6.92 Å². The summed E-state index contributed by atoms with van der Waals surface area (Å²) in [5.41, 5.74) is 7.63. The number of nitrogens with two attached hydrogens (primary N) is 1. The third-order valence-electron chi connectivity index (χ3n) is 2.38. The van der Waals surface area contributed by atoms with Crippen LogP contribution in [0.25, 0.3) is 10.9 Å². The van der Waals surface area contributed by atoms with E-state index in [9.17, 15) is 0 Å². The molecule has 0 aromatic carbocycles. The molecule has 4 heteroatoms. The Morgan fingerprint density at radius 3 is 3.00 bits per heavy atom. The lowest BCUT2D eigenvalue weighted by Gasteiger charge is -2.02. The minimum atomic E-state index is -0.0241. The summed E-state index contributed by atoms with van der Waals surface area (Å²) in [7, 11) is 0. The molecule has 4 nitrogen and oxygen atoms in total. The molecule has 0 bridgehead atoms. The second kappa shape index (κ2) is 3.98. The Hall–Kier alpha value is -1.42. The third-order valence-corrected chi connectivity index (χ3v) is 2.38. The minimum Gasteiger partial charge on any atom is -0.323 e. The molecule has 0 aliphatic rings. The van der Waals surface area contributed by atoms with Crippen LogP contribution in [0.4, 0.5) is 0 Å². The van der Waals surface area contributed by atoms with Crippen LogP contribution >= 0.6 is 0 Å². The summed E-state index contributed by atoms with van der Waals surface area (Å²) in [5, 5.41) is 5.53. The van der Waals surface area contributed by atoms with Crippen LogP contribution in [0.1, 0.15) is 32.0 Å². The fourth-order valence-corrected chi connectivity index (χ4v) is 1.59. The minimum absolute atomic E-state index is 0.0241. The first-order valence-corrected chi connectivity index (χ1v) is 5.29. The second-order valence-corrected chi connectivity index (χ2v) is 3.85. The first kappa shape index (κ1) is 10.1. The molecule has 2 aromatic heterocycles. The highest BCUT2D eigenvalue weighted by Crippen LogP contribution is 2.15. The number of rotatable bonds is 3. The molecule has 0 saturated carbocycles. The molecule has 0 aliphatic carbocycles. The van der Waals surface area contributed by atoms with E-state index < -0.39 is 0 Å². The molecule has 0 fully saturated rings. The molecule has 2 N–H and O–H groups in total. The van der Waals surface area contributed by atoms with E-state index in [4.69, 9.17) is 5.73 Å². The van der Waals surface area contributed by atoms with Gasteiger partial charge in [-0.2, -0.15) is 5.10 Å². The van der Waals surface area contributed by atoms with Crippen molar-refractivity contribution < 1.29 is 0 Å². The van der Waals surface area contributed by atoms with Crippen LogP contribution < -0.4 is 5.73 Å². The monoisotopic (exact) mass is 204 g/mol. The molecule has 0 unspecified atom stereocenters. The van der Waals surface area contributed by atoms with Gasteiger partial charge < -0.3 is 5.73 Å². The molecule has 80 valence electrons. The van der Waals surface area contributed by atoms with Gasteiger partial charge in [-0.25, -0.2) is 0 Å². The summed E-state index contributed by atoms with van der Waals surface area (Å²) >= 11 is 0. The van der Waals surface area contributed by atoms with Crippen molar-refractivity contribution in [2.24, 2.45) is 5.73 Å². The zero-order chi connectivity index (χ0) is 10.8. The summed E-state index contributed by atoms with van der Waals surface area (Å²) in [6, 6.07) is 1.99. The average Bonchev–Trinajstić information content (AvgIpc) is 2.59. The SMILES string of the molecule is CCCn1cc2cc([C@@H](C)N)ncc2n1. The van der Waals surface area contributed by atoms with Gasteiger partial charge in [0.05, 0.1) is 11.9 Å². The van der Waals surface area contributed by atoms with Crippen LogP contribution in [0.15, 0.2) is 18.5 Å². The molecule has 0 aliphatic heterocycles. The summed E-state index contributed by atoms with van der Waals surface area (Å²) in [4.78, 5) is 4.28. The Balaban J connectivity index is 2.43. The molecule has 2 rings (SSSR count). The van der Waals surface area contributed by atoms with Gasteiger partial charge in [0.25, 0.3) is 0 Å². The van der Waals surface area contributed by atoms with E-state index in [1.165, 1.54) is 0 Å². The van der Waals surface area contributed by atoms with Gasteiger partial charge in [0, 0.05) is 24.2 Å². The topological polar surface area (TPSA) is 56.7 Å². The van der Waals surface area contributed by atoms with E-state index in [0.29, 0.717) is 0 Å². The van der Waals surface area contributed by atoms with Gasteiger partial charge in [-0.3, -0.25) is 9.67 Å². The maximum Gasteiger partial charge on any atom is 0.111 e. The maximum atomic E-state index is 5.78. The highest BCUT2D eigenvalue weighted by molar-refractivity contribution is 5.77. The van der Waals surface area contributed by atoms with E-state index in [1.54, 1.807) is 6.20 Å². The lowest BCUT2D eigenvalue weighted by Crippen LogP contribution is -2.06. The number of aryl methyl sites for hydroxylation is 1. The predicted molar refractivity (Wildman–Crippen MR) is 60.4 cm³/mol. The Morgan fingerprint density at radius 2 is 2.33 bits per heavy atom. The van der Waals surface area contributed by atoms with E-state index in [0.717, 1.165) is 29.6 Å². The second-order valence-electron chi connectivity index (χ2n) is 3.85. The Morgan fingerprint density at radius 1 is 1.53 bits per heavy atom. The fraction of sp³-hybridized carbons (Fsp3) is 0.455. The predicted octanol–water partition coefficient (Wildman–Crippen LogP) is 1.86. The van der Waals surface area contributed by atoms with Crippen molar-refractivity contribution in [3.05, 3.63) is 24.2 Å². The number of fused-ring (bicyclic) bond motifs is 1. The number of hydrogen-bond acceptors (Lipinski definition) is 3.